The molecule has 0 aliphatic heterocycles. The number of Topliss-reactive ketones (excluding diaryl/α,β-unsaturated/α-hetero) is 2. The van der Waals surface area contributed by atoms with Crippen LogP contribution in [-0.4, -0.2) is 95.0 Å². The van der Waals surface area contributed by atoms with Crippen LogP contribution in [-0.2, 0) is 28.6 Å². The van der Waals surface area contributed by atoms with Gasteiger partial charge in [0.25, 0.3) is 5.91 Å². The summed E-state index contributed by atoms with van der Waals surface area (Å²) >= 11 is 0. The maximum atomic E-state index is 13.6. The van der Waals surface area contributed by atoms with Gasteiger partial charge in [0.1, 0.15) is 43.8 Å². The second-order valence-corrected chi connectivity index (χ2v) is 11.2. The molecule has 2 N–H and O–H groups in total. The first kappa shape index (κ1) is 34.4. The fourth-order valence-electron chi connectivity index (χ4n) is 4.95. The zero-order valence-corrected chi connectivity index (χ0v) is 26.1. The summed E-state index contributed by atoms with van der Waals surface area (Å²) in [4.78, 5) is 80.6. The summed E-state index contributed by atoms with van der Waals surface area (Å²) in [5.74, 6) is -6.04. The minimum absolute atomic E-state index is 0.0158. The Morgan fingerprint density at radius 3 is 2.28 bits per heavy atom. The number of amides is 1. The molecular weight excluding hydrogens is 612 g/mol. The number of aromatic nitrogens is 1. The van der Waals surface area contributed by atoms with Gasteiger partial charge in [-0.25, -0.2) is 19.4 Å². The van der Waals surface area contributed by atoms with Crippen LogP contribution >= 0.6 is 0 Å². The quantitative estimate of drug-likeness (QED) is 0.148. The number of pyridine rings is 1. The van der Waals surface area contributed by atoms with Crippen molar-refractivity contribution in [1.82, 2.24) is 9.88 Å². The van der Waals surface area contributed by atoms with Gasteiger partial charge in [0.15, 0.2) is 11.6 Å². The third kappa shape index (κ3) is 8.05. The molecule has 2 aromatic carbocycles. The van der Waals surface area contributed by atoms with E-state index >= 15 is 0 Å². The molecular formula is C34H34N2O11. The number of carbonyl (C=O) groups excluding carboxylic acids is 5. The van der Waals surface area contributed by atoms with Gasteiger partial charge in [0.2, 0.25) is 0 Å². The summed E-state index contributed by atoms with van der Waals surface area (Å²) in [7, 11) is 0. The lowest BCUT2D eigenvalue weighted by Gasteiger charge is -2.23. The average molecular weight is 647 g/mol. The highest BCUT2D eigenvalue weighted by molar-refractivity contribution is 6.30. The number of rotatable bonds is 14. The number of carboxylic acids is 1. The summed E-state index contributed by atoms with van der Waals surface area (Å²) in [5, 5.41) is 20.1. The molecule has 1 aliphatic rings. The highest BCUT2D eigenvalue weighted by atomic mass is 16.6. The van der Waals surface area contributed by atoms with Crippen molar-refractivity contribution >= 4 is 46.3 Å². The third-order valence-electron chi connectivity index (χ3n) is 7.41. The molecule has 47 heavy (non-hydrogen) atoms. The lowest BCUT2D eigenvalue weighted by Crippen LogP contribution is -2.37. The van der Waals surface area contributed by atoms with Gasteiger partial charge in [-0.05, 0) is 54.8 Å². The molecule has 1 unspecified atom stereocenters. The molecule has 0 spiro atoms. The average Bonchev–Trinajstić information content (AvgIpc) is 3.27. The summed E-state index contributed by atoms with van der Waals surface area (Å²) in [6, 6.07) is 11.0. The van der Waals surface area contributed by atoms with Crippen molar-refractivity contribution in [1.29, 1.82) is 0 Å². The van der Waals surface area contributed by atoms with Crippen LogP contribution in [0.1, 0.15) is 74.9 Å². The van der Waals surface area contributed by atoms with Gasteiger partial charge >= 0.3 is 17.9 Å². The van der Waals surface area contributed by atoms with E-state index in [1.807, 2.05) is 26.0 Å². The lowest BCUT2D eigenvalue weighted by atomic mass is 9.96. The van der Waals surface area contributed by atoms with E-state index in [0.29, 0.717) is 10.9 Å². The van der Waals surface area contributed by atoms with Crippen molar-refractivity contribution in [2.75, 3.05) is 39.5 Å². The number of nitrogens with zero attached hydrogens (tertiary/aromatic N) is 2. The molecule has 4 rings (SSSR count). The Bertz CT molecular complexity index is 1780. The third-order valence-corrected chi connectivity index (χ3v) is 7.41. The van der Waals surface area contributed by atoms with Crippen molar-refractivity contribution in [3.63, 3.8) is 0 Å². The van der Waals surface area contributed by atoms with Gasteiger partial charge in [-0.2, -0.15) is 0 Å². The Balaban J connectivity index is 1.54. The fraction of sp³-hybridized carbons (Fsp3) is 0.324. The van der Waals surface area contributed by atoms with E-state index in [1.54, 1.807) is 6.07 Å². The molecule has 0 radical (unpaired) electrons. The van der Waals surface area contributed by atoms with Crippen LogP contribution in [0.3, 0.4) is 0 Å². The molecule has 3 aromatic rings. The molecule has 13 heteroatoms. The molecule has 1 amide bonds. The number of carboxylic acid groups (broad SMARTS) is 1. The second-order valence-electron chi connectivity index (χ2n) is 11.2. The Morgan fingerprint density at radius 2 is 1.62 bits per heavy atom. The number of fused-ring (bicyclic) bond motifs is 2. The molecule has 0 bridgehead atoms. The number of carbonyl (C=O) groups is 6. The van der Waals surface area contributed by atoms with E-state index < -0.39 is 54.5 Å². The normalized spacial score (nSPS) is 13.8. The number of benzene rings is 2. The summed E-state index contributed by atoms with van der Waals surface area (Å²) < 4.78 is 14.8. The number of aliphatic carboxylic acids is 1. The molecule has 1 atom stereocenters. The van der Waals surface area contributed by atoms with Gasteiger partial charge in [-0.15, -0.1) is 0 Å². The van der Waals surface area contributed by atoms with E-state index in [1.165, 1.54) is 36.1 Å². The molecule has 0 saturated carbocycles. The summed E-state index contributed by atoms with van der Waals surface area (Å²) in [6.45, 7) is 6.93. The topological polar surface area (TPSA) is 187 Å². The van der Waals surface area contributed by atoms with E-state index in [4.69, 9.17) is 14.6 Å². The highest BCUT2D eigenvalue weighted by Crippen LogP contribution is 2.38. The van der Waals surface area contributed by atoms with Crippen molar-refractivity contribution in [3.8, 4) is 5.75 Å². The minimum atomic E-state index is -1.40. The van der Waals surface area contributed by atoms with Crippen molar-refractivity contribution in [2.45, 2.75) is 32.6 Å². The first-order chi connectivity index (χ1) is 22.3. The van der Waals surface area contributed by atoms with Crippen LogP contribution in [0.25, 0.3) is 10.9 Å². The largest absolute Gasteiger partial charge is 0.506 e. The number of esters is 2. The zero-order valence-electron chi connectivity index (χ0n) is 26.1. The molecule has 1 heterocycles. The summed E-state index contributed by atoms with van der Waals surface area (Å²) in [5.41, 5.74) is 1.71. The lowest BCUT2D eigenvalue weighted by molar-refractivity contribution is -0.152. The maximum absolute atomic E-state index is 13.6. The van der Waals surface area contributed by atoms with E-state index in [9.17, 15) is 33.9 Å². The Hall–Kier alpha value is -5.43. The predicted octanol–water partition coefficient (Wildman–Crippen LogP) is 3.43. The van der Waals surface area contributed by atoms with Gasteiger partial charge in [0, 0.05) is 27.6 Å². The number of ether oxygens (including phenoxy) is 3. The number of hydrogen-bond donors (Lipinski definition) is 2. The molecule has 0 fully saturated rings. The Kier molecular flexibility index (Phi) is 10.8. The number of hydrogen-bond acceptors (Lipinski definition) is 11. The minimum Gasteiger partial charge on any atom is -0.506 e. The van der Waals surface area contributed by atoms with Crippen LogP contribution in [0.4, 0.5) is 0 Å². The molecule has 13 nitrogen and oxygen atoms in total. The standard InChI is InChI=1S/C34H34N2O11/c1-18(2)20-6-8-25-22(13-20)15-26(37)30(35-25)29-31(41)23-7-5-21(14-24(23)32(29)42)33(43)36(10-12-47-34(44)19(3)4)9-11-46-28(40)17-45-16-27(38)39/h5-8,13-15,18,29,37H,3,9-12,16-17H2,1-2,4H3,(H,38,39). The van der Waals surface area contributed by atoms with Gasteiger partial charge in [0.05, 0.1) is 18.6 Å². The maximum Gasteiger partial charge on any atom is 0.333 e. The van der Waals surface area contributed by atoms with Crippen molar-refractivity contribution in [2.24, 2.45) is 0 Å². The van der Waals surface area contributed by atoms with Gasteiger partial charge in [-0.1, -0.05) is 26.5 Å². The number of aromatic hydroxyl groups is 1. The predicted molar refractivity (Wildman–Crippen MR) is 166 cm³/mol. The SMILES string of the molecule is C=C(C)C(=O)OCCN(CCOC(=O)COCC(=O)O)C(=O)c1ccc2c(c1)C(=O)C(c1nc3ccc(C(C)C)cc3cc1O)C2=O. The fourth-order valence-corrected chi connectivity index (χ4v) is 4.95. The zero-order chi connectivity index (χ0) is 34.4. The van der Waals surface area contributed by atoms with Crippen LogP contribution in [0.15, 0.2) is 54.6 Å². The van der Waals surface area contributed by atoms with Crippen molar-refractivity contribution < 1.29 is 53.2 Å². The van der Waals surface area contributed by atoms with E-state index in [0.717, 1.165) is 5.56 Å². The van der Waals surface area contributed by atoms with Crippen LogP contribution in [0.5, 0.6) is 5.75 Å². The van der Waals surface area contributed by atoms with Crippen LogP contribution in [0, 0.1) is 0 Å². The summed E-state index contributed by atoms with van der Waals surface area (Å²) in [6.07, 6.45) is 0. The van der Waals surface area contributed by atoms with E-state index in [2.05, 4.69) is 16.3 Å². The molecule has 246 valence electrons. The molecule has 1 aromatic heterocycles. The van der Waals surface area contributed by atoms with Gasteiger partial charge in [-0.3, -0.25) is 14.4 Å². The van der Waals surface area contributed by atoms with Crippen LogP contribution < -0.4 is 0 Å². The smallest absolute Gasteiger partial charge is 0.333 e. The van der Waals surface area contributed by atoms with Gasteiger partial charge < -0.3 is 29.3 Å². The van der Waals surface area contributed by atoms with Crippen molar-refractivity contribution in [3.05, 3.63) is 82.6 Å². The first-order valence-electron chi connectivity index (χ1n) is 14.7. The Labute approximate surface area is 269 Å². The van der Waals surface area contributed by atoms with Crippen LogP contribution in [0.2, 0.25) is 0 Å². The first-order valence-corrected chi connectivity index (χ1v) is 14.7. The monoisotopic (exact) mass is 646 g/mol. The second kappa shape index (κ2) is 14.8. The van der Waals surface area contributed by atoms with E-state index in [-0.39, 0.29) is 65.9 Å². The molecule has 0 saturated heterocycles. The molecule has 1 aliphatic carbocycles. The Morgan fingerprint density at radius 1 is 0.936 bits per heavy atom. The number of ketones is 2. The highest BCUT2D eigenvalue weighted by Gasteiger charge is 2.42.